The number of nitrogens with zero attached hydrogens (tertiary/aromatic N) is 1. The number of aliphatic imine (C=N–C) groups is 1. The Hall–Kier alpha value is -2.63. The minimum atomic E-state index is -1.12. The van der Waals surface area contributed by atoms with Crippen LogP contribution in [-0.4, -0.2) is 28.4 Å². The molecule has 1 aromatic carbocycles. The number of carboxylic acid groups (broad SMARTS) is 1. The number of benzene rings is 1. The highest BCUT2D eigenvalue weighted by atomic mass is 16.4. The van der Waals surface area contributed by atoms with Crippen molar-refractivity contribution in [2.24, 2.45) is 4.99 Å². The minimum absolute atomic E-state index is 0.154. The number of fused-ring (bicyclic) bond motifs is 1. The molecule has 6 heteroatoms. The predicted molar refractivity (Wildman–Crippen MR) is 78.3 cm³/mol. The monoisotopic (exact) mass is 289 g/mol. The molecule has 6 nitrogen and oxygen atoms in total. The van der Waals surface area contributed by atoms with E-state index in [4.69, 9.17) is 9.52 Å². The molecule has 0 aliphatic rings. The average Bonchev–Trinajstić information content (AvgIpc) is 2.42. The summed E-state index contributed by atoms with van der Waals surface area (Å²) in [7, 11) is 0. The maximum Gasteiger partial charge on any atom is 0.348 e. The van der Waals surface area contributed by atoms with Crippen LogP contribution in [0.2, 0.25) is 0 Å². The fourth-order valence-electron chi connectivity index (χ4n) is 1.86. The van der Waals surface area contributed by atoms with E-state index in [2.05, 4.69) is 4.99 Å². The molecule has 0 amide bonds. The SMILES string of the molecule is Cc1ccc2c(O)c(C=NC(C)C(=O)O)c(=O)oc2c1C. The lowest BCUT2D eigenvalue weighted by Gasteiger charge is -2.07. The molecular formula is C15H15NO5. The molecule has 0 saturated heterocycles. The number of hydrogen-bond donors (Lipinski definition) is 2. The third-order valence-electron chi connectivity index (χ3n) is 3.39. The first-order valence-electron chi connectivity index (χ1n) is 6.35. The molecular weight excluding hydrogens is 274 g/mol. The summed E-state index contributed by atoms with van der Waals surface area (Å²) >= 11 is 0. The van der Waals surface area contributed by atoms with E-state index >= 15 is 0 Å². The Morgan fingerprint density at radius 1 is 1.38 bits per heavy atom. The van der Waals surface area contributed by atoms with Crippen LogP contribution in [0.5, 0.6) is 5.75 Å². The summed E-state index contributed by atoms with van der Waals surface area (Å²) < 4.78 is 5.22. The molecule has 2 rings (SSSR count). The quantitative estimate of drug-likeness (QED) is 0.665. The molecule has 0 bridgehead atoms. The van der Waals surface area contributed by atoms with E-state index in [1.165, 1.54) is 6.92 Å². The van der Waals surface area contributed by atoms with Crippen molar-refractivity contribution >= 4 is 23.2 Å². The third-order valence-corrected chi connectivity index (χ3v) is 3.39. The normalized spacial score (nSPS) is 12.9. The zero-order valence-corrected chi connectivity index (χ0v) is 11.9. The van der Waals surface area contributed by atoms with Crippen molar-refractivity contribution < 1.29 is 19.4 Å². The zero-order chi connectivity index (χ0) is 15.7. The van der Waals surface area contributed by atoms with Gasteiger partial charge in [-0.15, -0.1) is 0 Å². The van der Waals surface area contributed by atoms with Gasteiger partial charge in [-0.05, 0) is 38.0 Å². The highest BCUT2D eigenvalue weighted by Gasteiger charge is 2.15. The predicted octanol–water partition coefficient (Wildman–Crippen LogP) is 2.01. The Balaban J connectivity index is 2.65. The molecule has 0 aliphatic heterocycles. The van der Waals surface area contributed by atoms with Gasteiger partial charge in [0.1, 0.15) is 22.9 Å². The third kappa shape index (κ3) is 2.65. The van der Waals surface area contributed by atoms with Gasteiger partial charge in [0.2, 0.25) is 0 Å². The summed E-state index contributed by atoms with van der Waals surface area (Å²) in [6.07, 6.45) is 1.04. The summed E-state index contributed by atoms with van der Waals surface area (Å²) in [4.78, 5) is 26.4. The lowest BCUT2D eigenvalue weighted by atomic mass is 10.0. The second kappa shape index (κ2) is 5.40. The van der Waals surface area contributed by atoms with E-state index in [0.717, 1.165) is 17.3 Å². The lowest BCUT2D eigenvalue weighted by Crippen LogP contribution is -2.15. The molecule has 0 aliphatic carbocycles. The molecule has 1 aromatic heterocycles. The first kappa shape index (κ1) is 14.8. The molecule has 1 unspecified atom stereocenters. The second-order valence-electron chi connectivity index (χ2n) is 4.83. The van der Waals surface area contributed by atoms with Crippen LogP contribution in [0.4, 0.5) is 0 Å². The molecule has 0 fully saturated rings. The minimum Gasteiger partial charge on any atom is -0.506 e. The van der Waals surface area contributed by atoms with Crippen molar-refractivity contribution in [3.8, 4) is 5.75 Å². The number of aromatic hydroxyl groups is 1. The van der Waals surface area contributed by atoms with Gasteiger partial charge >= 0.3 is 11.6 Å². The average molecular weight is 289 g/mol. The molecule has 1 heterocycles. The summed E-state index contributed by atoms with van der Waals surface area (Å²) in [6.45, 7) is 5.03. The van der Waals surface area contributed by atoms with Gasteiger partial charge in [-0.25, -0.2) is 9.59 Å². The number of aliphatic carboxylic acids is 1. The van der Waals surface area contributed by atoms with Gasteiger partial charge < -0.3 is 14.6 Å². The number of hydrogen-bond acceptors (Lipinski definition) is 5. The van der Waals surface area contributed by atoms with Gasteiger partial charge in [-0.2, -0.15) is 0 Å². The smallest absolute Gasteiger partial charge is 0.348 e. The lowest BCUT2D eigenvalue weighted by molar-refractivity contribution is -0.137. The highest BCUT2D eigenvalue weighted by molar-refractivity contribution is 5.95. The van der Waals surface area contributed by atoms with E-state index in [9.17, 15) is 14.7 Å². The van der Waals surface area contributed by atoms with E-state index in [1.54, 1.807) is 19.1 Å². The first-order valence-corrected chi connectivity index (χ1v) is 6.35. The Morgan fingerprint density at radius 2 is 2.05 bits per heavy atom. The maximum absolute atomic E-state index is 11.9. The molecule has 0 spiro atoms. The first-order chi connectivity index (χ1) is 9.82. The topological polar surface area (TPSA) is 100 Å². The van der Waals surface area contributed by atoms with Crippen LogP contribution < -0.4 is 5.63 Å². The zero-order valence-electron chi connectivity index (χ0n) is 11.9. The van der Waals surface area contributed by atoms with Crippen molar-refractivity contribution in [1.29, 1.82) is 0 Å². The number of aryl methyl sites for hydroxylation is 2. The van der Waals surface area contributed by atoms with Crippen LogP contribution in [0, 0.1) is 13.8 Å². The Kier molecular flexibility index (Phi) is 3.80. The van der Waals surface area contributed by atoms with Crippen LogP contribution in [0.15, 0.2) is 26.3 Å². The van der Waals surface area contributed by atoms with Crippen LogP contribution in [0.1, 0.15) is 23.6 Å². The summed E-state index contributed by atoms with van der Waals surface area (Å²) in [5.74, 6) is -1.38. The molecule has 0 radical (unpaired) electrons. The van der Waals surface area contributed by atoms with E-state index in [-0.39, 0.29) is 11.3 Å². The largest absolute Gasteiger partial charge is 0.506 e. The summed E-state index contributed by atoms with van der Waals surface area (Å²) in [6, 6.07) is 2.44. The van der Waals surface area contributed by atoms with Gasteiger partial charge in [0.25, 0.3) is 0 Å². The van der Waals surface area contributed by atoms with E-state index in [0.29, 0.717) is 11.0 Å². The van der Waals surface area contributed by atoms with Crippen molar-refractivity contribution in [2.75, 3.05) is 0 Å². The molecule has 1 atom stereocenters. The highest BCUT2D eigenvalue weighted by Crippen LogP contribution is 2.29. The molecule has 2 aromatic rings. The standard InChI is InChI=1S/C15H15NO5/c1-7-4-5-10-12(17)11(6-16-9(3)14(18)19)15(20)21-13(10)8(7)2/h4-6,9,17H,1-3H3,(H,18,19). The van der Waals surface area contributed by atoms with Gasteiger partial charge in [-0.3, -0.25) is 4.99 Å². The van der Waals surface area contributed by atoms with Gasteiger partial charge in [0.05, 0.1) is 5.39 Å². The Morgan fingerprint density at radius 3 is 2.67 bits per heavy atom. The van der Waals surface area contributed by atoms with Gasteiger partial charge in [0, 0.05) is 6.21 Å². The summed E-state index contributed by atoms with van der Waals surface area (Å²) in [5, 5.41) is 19.3. The van der Waals surface area contributed by atoms with Crippen LogP contribution in [-0.2, 0) is 4.79 Å². The molecule has 2 N–H and O–H groups in total. The number of rotatable bonds is 3. The van der Waals surface area contributed by atoms with Crippen molar-refractivity contribution in [2.45, 2.75) is 26.8 Å². The van der Waals surface area contributed by atoms with Crippen molar-refractivity contribution in [3.05, 3.63) is 39.2 Å². The van der Waals surface area contributed by atoms with Crippen LogP contribution in [0.25, 0.3) is 11.0 Å². The Labute approximate surface area is 120 Å². The fraction of sp³-hybridized carbons (Fsp3) is 0.267. The number of carboxylic acids is 1. The van der Waals surface area contributed by atoms with Crippen LogP contribution in [0.3, 0.4) is 0 Å². The summed E-state index contributed by atoms with van der Waals surface area (Å²) in [5.41, 5.74) is 1.11. The van der Waals surface area contributed by atoms with E-state index < -0.39 is 17.6 Å². The molecule has 0 saturated carbocycles. The van der Waals surface area contributed by atoms with Crippen molar-refractivity contribution in [1.82, 2.24) is 0 Å². The van der Waals surface area contributed by atoms with Crippen molar-refractivity contribution in [3.63, 3.8) is 0 Å². The molecule has 21 heavy (non-hydrogen) atoms. The van der Waals surface area contributed by atoms with Crippen LogP contribution >= 0.6 is 0 Å². The number of carbonyl (C=O) groups is 1. The second-order valence-corrected chi connectivity index (χ2v) is 4.83. The van der Waals surface area contributed by atoms with E-state index in [1.807, 2.05) is 6.92 Å². The van der Waals surface area contributed by atoms with Gasteiger partial charge in [-0.1, -0.05) is 6.07 Å². The Bertz CT molecular complexity index is 804. The maximum atomic E-state index is 11.9. The fourth-order valence-corrected chi connectivity index (χ4v) is 1.86. The molecule has 110 valence electrons. The van der Waals surface area contributed by atoms with Gasteiger partial charge in [0.15, 0.2) is 0 Å².